The molecule has 204 valence electrons. The van der Waals surface area contributed by atoms with E-state index in [0.717, 1.165) is 19.3 Å². The molecule has 0 atom stereocenters. The summed E-state index contributed by atoms with van der Waals surface area (Å²) in [5.74, 6) is -1.38. The normalized spacial score (nSPS) is 15.9. The molecule has 0 spiro atoms. The van der Waals surface area contributed by atoms with E-state index >= 15 is 0 Å². The van der Waals surface area contributed by atoms with Gasteiger partial charge in [0.25, 0.3) is 5.89 Å². The van der Waals surface area contributed by atoms with E-state index in [1.54, 1.807) is 19.2 Å². The molecule has 0 radical (unpaired) electrons. The van der Waals surface area contributed by atoms with Gasteiger partial charge in [-0.1, -0.05) is 6.42 Å². The van der Waals surface area contributed by atoms with Gasteiger partial charge in [0, 0.05) is 19.3 Å². The lowest BCUT2D eigenvalue weighted by atomic mass is 10.1. The summed E-state index contributed by atoms with van der Waals surface area (Å²) >= 11 is 3.10. The zero-order valence-corrected chi connectivity index (χ0v) is 22.3. The fourth-order valence-corrected chi connectivity index (χ4v) is 4.47. The van der Waals surface area contributed by atoms with Crippen molar-refractivity contribution in [2.24, 2.45) is 0 Å². The van der Waals surface area contributed by atoms with Crippen LogP contribution in [-0.2, 0) is 16.1 Å². The van der Waals surface area contributed by atoms with Gasteiger partial charge in [0.2, 0.25) is 12.3 Å². The highest BCUT2D eigenvalue weighted by Crippen LogP contribution is 2.32. The van der Waals surface area contributed by atoms with Gasteiger partial charge in [-0.3, -0.25) is 14.7 Å². The molecule has 2 saturated heterocycles. The summed E-state index contributed by atoms with van der Waals surface area (Å²) in [7, 11) is 1.65. The molecule has 1 amide bonds. The number of alkyl halides is 2. The molecule has 38 heavy (non-hydrogen) atoms. The van der Waals surface area contributed by atoms with E-state index in [1.165, 1.54) is 55.6 Å². The molecule has 0 bridgehead atoms. The smallest absolute Gasteiger partial charge is 0.314 e. The maximum absolute atomic E-state index is 13.9. The zero-order valence-electron chi connectivity index (χ0n) is 20.7. The average molecular weight is 597 g/mol. The first kappa shape index (κ1) is 28.0. The van der Waals surface area contributed by atoms with Crippen LogP contribution in [-0.4, -0.2) is 65.9 Å². The number of amides is 1. The van der Waals surface area contributed by atoms with Crippen LogP contribution in [0.5, 0.6) is 0 Å². The summed E-state index contributed by atoms with van der Waals surface area (Å²) in [5, 5.41) is 9.70. The fourth-order valence-electron chi connectivity index (χ4n) is 4.13. The number of hydrogen-bond donors (Lipinski definition) is 1. The Bertz CT molecular complexity index is 1200. The van der Waals surface area contributed by atoms with Crippen molar-refractivity contribution in [3.8, 4) is 11.5 Å². The molecule has 0 saturated carbocycles. The Morgan fingerprint density at radius 1 is 1.21 bits per heavy atom. The number of piperidine rings is 1. The third kappa shape index (κ3) is 6.88. The minimum atomic E-state index is -2.86. The number of nitrogens with one attached hydrogen (secondary N) is 1. The number of aromatic nitrogens is 3. The Hall–Kier alpha value is -3.03. The predicted octanol–water partition coefficient (Wildman–Crippen LogP) is 5.05. The summed E-state index contributed by atoms with van der Waals surface area (Å²) in [5.41, 5.74) is 1.71. The maximum atomic E-state index is 13.9. The topological polar surface area (TPSA) is 96.6 Å². The first-order valence-corrected chi connectivity index (χ1v) is 13.0. The van der Waals surface area contributed by atoms with Crippen LogP contribution >= 0.6 is 15.9 Å². The Morgan fingerprint density at radius 2 is 1.97 bits per heavy atom. The number of benzene rings is 1. The molecule has 0 unspecified atom stereocenters. The number of likely N-dealkylation sites (tertiary alicyclic amines) is 1. The Morgan fingerprint density at radius 3 is 2.53 bits per heavy atom. The van der Waals surface area contributed by atoms with Crippen molar-refractivity contribution in [2.45, 2.75) is 38.3 Å². The largest absolute Gasteiger partial charge is 0.415 e. The molecule has 5 rings (SSSR count). The highest BCUT2D eigenvalue weighted by molar-refractivity contribution is 9.10. The van der Waals surface area contributed by atoms with Crippen LogP contribution < -0.4 is 10.2 Å². The van der Waals surface area contributed by atoms with Gasteiger partial charge in [0.1, 0.15) is 5.82 Å². The highest BCUT2D eigenvalue weighted by atomic mass is 79.9. The van der Waals surface area contributed by atoms with Crippen molar-refractivity contribution in [1.29, 1.82) is 0 Å². The molecule has 0 aliphatic carbocycles. The number of ether oxygens (including phenoxy) is 1. The minimum Gasteiger partial charge on any atom is -0.415 e. The van der Waals surface area contributed by atoms with Crippen molar-refractivity contribution in [3.05, 3.63) is 52.3 Å². The van der Waals surface area contributed by atoms with Crippen LogP contribution in [0, 0.1) is 5.82 Å². The first-order chi connectivity index (χ1) is 18.4. The second kappa shape index (κ2) is 13.2. The number of hydrogen-bond acceptors (Lipinski definition) is 8. The lowest BCUT2D eigenvalue weighted by molar-refractivity contribution is -0.107. The number of carbonyl (C=O) groups is 1. The Balaban J connectivity index is 0.000000278. The number of rotatable bonds is 8. The molecular formula is C25H28BrF3N6O3. The van der Waals surface area contributed by atoms with Crippen LogP contribution in [0.3, 0.4) is 0 Å². The monoisotopic (exact) mass is 596 g/mol. The molecule has 2 aliphatic rings. The van der Waals surface area contributed by atoms with Crippen molar-refractivity contribution < 1.29 is 27.1 Å². The molecule has 4 heterocycles. The van der Waals surface area contributed by atoms with E-state index in [2.05, 4.69) is 41.3 Å². The average Bonchev–Trinajstić information content (AvgIpc) is 3.40. The highest BCUT2D eigenvalue weighted by Gasteiger charge is 2.26. The fraction of sp³-hybridized carbons (Fsp3) is 0.440. The van der Waals surface area contributed by atoms with Gasteiger partial charge < -0.3 is 19.4 Å². The van der Waals surface area contributed by atoms with E-state index in [4.69, 9.17) is 9.15 Å². The van der Waals surface area contributed by atoms with Gasteiger partial charge >= 0.3 is 6.43 Å². The van der Waals surface area contributed by atoms with E-state index in [-0.39, 0.29) is 16.9 Å². The summed E-state index contributed by atoms with van der Waals surface area (Å²) < 4.78 is 49.3. The van der Waals surface area contributed by atoms with E-state index < -0.39 is 18.1 Å². The standard InChI is InChI=1S/C17H13BrF3N5O2.C8H15NO/c1-22-13-4-11(18)12(19)5-14(13)26(8-27)7-10-3-2-9(6-23-10)16-24-25-17(28-16)15(20)21;1-2-4-9(5-3-1)8-6-10-7-8/h2-6,8,15,22H,7H2,1H3;8H,1-7H2. The molecule has 2 aromatic heterocycles. The second-order valence-corrected chi connectivity index (χ2v) is 9.69. The molecule has 2 aliphatic heterocycles. The van der Waals surface area contributed by atoms with Crippen LogP contribution in [0.25, 0.3) is 11.5 Å². The van der Waals surface area contributed by atoms with Crippen molar-refractivity contribution in [2.75, 3.05) is 43.6 Å². The maximum Gasteiger partial charge on any atom is 0.314 e. The minimum absolute atomic E-state index is 0.0612. The van der Waals surface area contributed by atoms with Gasteiger partial charge in [-0.25, -0.2) is 4.39 Å². The third-order valence-corrected chi connectivity index (χ3v) is 6.91. The van der Waals surface area contributed by atoms with Gasteiger partial charge in [0.15, 0.2) is 0 Å². The number of halogens is 4. The molecule has 2 fully saturated rings. The van der Waals surface area contributed by atoms with Crippen molar-refractivity contribution >= 4 is 33.7 Å². The van der Waals surface area contributed by atoms with Crippen molar-refractivity contribution in [1.82, 2.24) is 20.1 Å². The molecule has 1 aromatic carbocycles. The number of carbonyl (C=O) groups excluding carboxylic acids is 1. The van der Waals surface area contributed by atoms with Crippen molar-refractivity contribution in [3.63, 3.8) is 0 Å². The zero-order chi connectivity index (χ0) is 27.1. The van der Waals surface area contributed by atoms with Crippen LogP contribution in [0.15, 0.2) is 39.4 Å². The second-order valence-electron chi connectivity index (χ2n) is 8.84. The third-order valence-electron chi connectivity index (χ3n) is 6.30. The number of anilines is 2. The van der Waals surface area contributed by atoms with Gasteiger partial charge in [-0.05, 0) is 60.1 Å². The molecule has 1 N–H and O–H groups in total. The molecular weight excluding hydrogens is 569 g/mol. The van der Waals surface area contributed by atoms with Gasteiger partial charge in [0.05, 0.1) is 52.9 Å². The van der Waals surface area contributed by atoms with E-state index in [9.17, 15) is 18.0 Å². The Kier molecular flexibility index (Phi) is 9.69. The van der Waals surface area contributed by atoms with Gasteiger partial charge in [-0.2, -0.15) is 8.78 Å². The first-order valence-electron chi connectivity index (χ1n) is 12.2. The van der Waals surface area contributed by atoms with Crippen LogP contribution in [0.4, 0.5) is 24.5 Å². The predicted molar refractivity (Wildman–Crippen MR) is 138 cm³/mol. The Labute approximate surface area is 226 Å². The van der Waals surface area contributed by atoms with Crippen LogP contribution in [0.2, 0.25) is 0 Å². The summed E-state index contributed by atoms with van der Waals surface area (Å²) in [4.78, 5) is 19.6. The van der Waals surface area contributed by atoms with Crippen LogP contribution in [0.1, 0.15) is 37.3 Å². The lowest BCUT2D eigenvalue weighted by Gasteiger charge is -2.39. The number of nitrogens with zero attached hydrogens (tertiary/aromatic N) is 5. The lowest BCUT2D eigenvalue weighted by Crippen LogP contribution is -2.50. The van der Waals surface area contributed by atoms with Gasteiger partial charge in [-0.15, -0.1) is 10.2 Å². The molecule has 13 heteroatoms. The summed E-state index contributed by atoms with van der Waals surface area (Å²) in [6.45, 7) is 4.66. The number of pyridine rings is 1. The molecule has 9 nitrogen and oxygen atoms in total. The molecule has 3 aromatic rings. The van der Waals surface area contributed by atoms with E-state index in [0.29, 0.717) is 29.0 Å². The SMILES string of the molecule is C1CCN(C2COC2)CC1.CNc1cc(Br)c(F)cc1N(C=O)Cc1ccc(-c2nnc(C(F)F)o2)cn1. The quantitative estimate of drug-likeness (QED) is 0.361. The van der Waals surface area contributed by atoms with E-state index in [1.807, 2.05) is 0 Å². The summed E-state index contributed by atoms with van der Waals surface area (Å²) in [6.07, 6.45) is 3.30. The summed E-state index contributed by atoms with van der Waals surface area (Å²) in [6, 6.07) is 6.65.